The van der Waals surface area contributed by atoms with Gasteiger partial charge in [0.25, 0.3) is 0 Å². The number of thioether (sulfide) groups is 1. The van der Waals surface area contributed by atoms with Crippen LogP contribution in [0.2, 0.25) is 5.02 Å². The number of benzene rings is 1. The molecule has 0 fully saturated rings. The predicted octanol–water partition coefficient (Wildman–Crippen LogP) is 2.29. The number of anilines is 1. The average Bonchev–Trinajstić information content (AvgIpc) is 2.46. The molecular formula is C14H19ClN2O3S. The SMILES string of the molecule is CCOC(=O)C(N)CCSCC(=O)Nc1ccc(Cl)cc1. The summed E-state index contributed by atoms with van der Waals surface area (Å²) < 4.78 is 4.81. The maximum atomic E-state index is 11.7. The summed E-state index contributed by atoms with van der Waals surface area (Å²) in [4.78, 5) is 23.0. The van der Waals surface area contributed by atoms with Crippen LogP contribution in [-0.2, 0) is 14.3 Å². The summed E-state index contributed by atoms with van der Waals surface area (Å²) >= 11 is 7.18. The topological polar surface area (TPSA) is 81.4 Å². The Morgan fingerprint density at radius 3 is 2.67 bits per heavy atom. The first-order chi connectivity index (χ1) is 10.0. The van der Waals surface area contributed by atoms with Gasteiger partial charge in [-0.15, -0.1) is 0 Å². The molecule has 1 amide bonds. The van der Waals surface area contributed by atoms with E-state index in [1.165, 1.54) is 11.8 Å². The van der Waals surface area contributed by atoms with E-state index in [2.05, 4.69) is 5.32 Å². The molecule has 0 saturated carbocycles. The molecule has 1 aromatic carbocycles. The van der Waals surface area contributed by atoms with Gasteiger partial charge in [-0.05, 0) is 43.4 Å². The number of rotatable bonds is 8. The van der Waals surface area contributed by atoms with Crippen molar-refractivity contribution in [1.82, 2.24) is 0 Å². The number of halogens is 1. The third kappa shape index (κ3) is 7.36. The highest BCUT2D eigenvalue weighted by molar-refractivity contribution is 7.99. The molecule has 0 aliphatic carbocycles. The van der Waals surface area contributed by atoms with Crippen LogP contribution >= 0.6 is 23.4 Å². The smallest absolute Gasteiger partial charge is 0.322 e. The standard InChI is InChI=1S/C14H19ClN2O3S/c1-2-20-14(19)12(16)7-8-21-9-13(18)17-11-5-3-10(15)4-6-11/h3-6,12H,2,7-9,16H2,1H3,(H,17,18). The molecule has 3 N–H and O–H groups in total. The van der Waals surface area contributed by atoms with Crippen LogP contribution in [0.15, 0.2) is 24.3 Å². The van der Waals surface area contributed by atoms with E-state index >= 15 is 0 Å². The molecule has 0 bridgehead atoms. The number of carbonyl (C=O) groups is 2. The van der Waals surface area contributed by atoms with Crippen molar-refractivity contribution < 1.29 is 14.3 Å². The number of hydrogen-bond donors (Lipinski definition) is 2. The lowest BCUT2D eigenvalue weighted by Crippen LogP contribution is -2.32. The van der Waals surface area contributed by atoms with Crippen LogP contribution in [0, 0.1) is 0 Å². The second kappa shape index (κ2) is 9.65. The first kappa shape index (κ1) is 17.8. The molecule has 0 saturated heterocycles. The zero-order chi connectivity index (χ0) is 15.7. The predicted molar refractivity (Wildman–Crippen MR) is 86.6 cm³/mol. The molecule has 1 rings (SSSR count). The zero-order valence-corrected chi connectivity index (χ0v) is 13.4. The van der Waals surface area contributed by atoms with Gasteiger partial charge in [0.2, 0.25) is 5.91 Å². The summed E-state index contributed by atoms with van der Waals surface area (Å²) in [5.74, 6) is 0.419. The first-order valence-corrected chi connectivity index (χ1v) is 8.11. The third-order valence-electron chi connectivity index (χ3n) is 2.52. The number of hydrogen-bond acceptors (Lipinski definition) is 5. The summed E-state index contributed by atoms with van der Waals surface area (Å²) in [6.07, 6.45) is 0.484. The molecule has 0 spiro atoms. The normalized spacial score (nSPS) is 11.8. The summed E-state index contributed by atoms with van der Waals surface area (Å²) in [6.45, 7) is 2.06. The van der Waals surface area contributed by atoms with Gasteiger partial charge in [-0.2, -0.15) is 11.8 Å². The quantitative estimate of drug-likeness (QED) is 0.564. The van der Waals surface area contributed by atoms with Crippen molar-refractivity contribution in [2.75, 3.05) is 23.4 Å². The number of nitrogens with one attached hydrogen (secondary N) is 1. The molecule has 0 heterocycles. The Labute approximate surface area is 133 Å². The van der Waals surface area contributed by atoms with E-state index in [4.69, 9.17) is 22.1 Å². The maximum absolute atomic E-state index is 11.7. The van der Waals surface area contributed by atoms with Crippen molar-refractivity contribution >= 4 is 40.9 Å². The minimum Gasteiger partial charge on any atom is -0.465 e. The van der Waals surface area contributed by atoms with Crippen LogP contribution in [0.5, 0.6) is 0 Å². The molecule has 0 aliphatic rings. The summed E-state index contributed by atoms with van der Waals surface area (Å²) in [6, 6.07) is 6.27. The van der Waals surface area contributed by atoms with E-state index in [-0.39, 0.29) is 5.91 Å². The second-order valence-corrected chi connectivity index (χ2v) is 5.80. The van der Waals surface area contributed by atoms with Crippen LogP contribution in [0.25, 0.3) is 0 Å². The largest absolute Gasteiger partial charge is 0.465 e. The van der Waals surface area contributed by atoms with Gasteiger partial charge in [0.1, 0.15) is 6.04 Å². The molecule has 21 heavy (non-hydrogen) atoms. The van der Waals surface area contributed by atoms with Gasteiger partial charge in [0.05, 0.1) is 12.4 Å². The second-order valence-electron chi connectivity index (χ2n) is 4.25. The molecule has 1 aromatic rings. The Morgan fingerprint density at radius 1 is 1.38 bits per heavy atom. The molecule has 1 unspecified atom stereocenters. The van der Waals surface area contributed by atoms with Crippen LogP contribution < -0.4 is 11.1 Å². The molecule has 7 heteroatoms. The van der Waals surface area contributed by atoms with Crippen LogP contribution in [-0.4, -0.2) is 36.0 Å². The van der Waals surface area contributed by atoms with Crippen molar-refractivity contribution in [1.29, 1.82) is 0 Å². The fourth-order valence-corrected chi connectivity index (χ4v) is 2.42. The van der Waals surface area contributed by atoms with E-state index < -0.39 is 12.0 Å². The van der Waals surface area contributed by atoms with E-state index in [0.29, 0.717) is 35.2 Å². The zero-order valence-electron chi connectivity index (χ0n) is 11.8. The van der Waals surface area contributed by atoms with Crippen LogP contribution in [0.3, 0.4) is 0 Å². The minimum atomic E-state index is -0.628. The number of ether oxygens (including phenoxy) is 1. The van der Waals surface area contributed by atoms with Gasteiger partial charge in [-0.25, -0.2) is 0 Å². The van der Waals surface area contributed by atoms with Gasteiger partial charge >= 0.3 is 5.97 Å². The van der Waals surface area contributed by atoms with E-state index in [1.807, 2.05) is 0 Å². The molecule has 0 radical (unpaired) electrons. The Balaban J connectivity index is 2.19. The molecular weight excluding hydrogens is 312 g/mol. The van der Waals surface area contributed by atoms with E-state index in [0.717, 1.165) is 0 Å². The van der Waals surface area contributed by atoms with Crippen molar-refractivity contribution in [3.63, 3.8) is 0 Å². The summed E-state index contributed by atoms with van der Waals surface area (Å²) in [5.41, 5.74) is 6.36. The number of esters is 1. The van der Waals surface area contributed by atoms with E-state index in [9.17, 15) is 9.59 Å². The summed E-state index contributed by atoms with van der Waals surface area (Å²) in [7, 11) is 0. The van der Waals surface area contributed by atoms with Gasteiger partial charge in [0, 0.05) is 10.7 Å². The first-order valence-electron chi connectivity index (χ1n) is 6.58. The third-order valence-corrected chi connectivity index (χ3v) is 3.77. The van der Waals surface area contributed by atoms with Crippen LogP contribution in [0.4, 0.5) is 5.69 Å². The van der Waals surface area contributed by atoms with E-state index in [1.54, 1.807) is 31.2 Å². The average molecular weight is 331 g/mol. The number of nitrogens with two attached hydrogens (primary N) is 1. The number of carbonyl (C=O) groups excluding carboxylic acids is 2. The monoisotopic (exact) mass is 330 g/mol. The fourth-order valence-electron chi connectivity index (χ4n) is 1.47. The Morgan fingerprint density at radius 2 is 2.05 bits per heavy atom. The molecule has 5 nitrogen and oxygen atoms in total. The highest BCUT2D eigenvalue weighted by Gasteiger charge is 2.14. The lowest BCUT2D eigenvalue weighted by Gasteiger charge is -2.10. The fraction of sp³-hybridized carbons (Fsp3) is 0.429. The maximum Gasteiger partial charge on any atom is 0.322 e. The summed E-state index contributed by atoms with van der Waals surface area (Å²) in [5, 5.41) is 3.38. The van der Waals surface area contributed by atoms with Crippen LogP contribution in [0.1, 0.15) is 13.3 Å². The van der Waals surface area contributed by atoms with Gasteiger partial charge < -0.3 is 15.8 Å². The van der Waals surface area contributed by atoms with Crippen molar-refractivity contribution in [3.8, 4) is 0 Å². The van der Waals surface area contributed by atoms with Gasteiger partial charge in [-0.1, -0.05) is 11.6 Å². The van der Waals surface area contributed by atoms with Crippen molar-refractivity contribution in [2.45, 2.75) is 19.4 Å². The number of amides is 1. The van der Waals surface area contributed by atoms with Gasteiger partial charge in [0.15, 0.2) is 0 Å². The highest BCUT2D eigenvalue weighted by atomic mass is 35.5. The Kier molecular flexibility index (Phi) is 8.19. The Bertz CT molecular complexity index is 468. The molecule has 0 aliphatic heterocycles. The lowest BCUT2D eigenvalue weighted by atomic mass is 10.2. The molecule has 0 aromatic heterocycles. The Hall–Kier alpha value is -1.24. The molecule has 1 atom stereocenters. The van der Waals surface area contributed by atoms with Crippen molar-refractivity contribution in [3.05, 3.63) is 29.3 Å². The lowest BCUT2D eigenvalue weighted by molar-refractivity contribution is -0.144. The van der Waals surface area contributed by atoms with Gasteiger partial charge in [-0.3, -0.25) is 9.59 Å². The minimum absolute atomic E-state index is 0.105. The van der Waals surface area contributed by atoms with Crippen molar-refractivity contribution in [2.24, 2.45) is 5.73 Å². The molecule has 116 valence electrons. The highest BCUT2D eigenvalue weighted by Crippen LogP contribution is 2.14.